The maximum Gasteiger partial charge on any atom is 0.310 e. The van der Waals surface area contributed by atoms with Gasteiger partial charge in [0.15, 0.2) is 11.4 Å². The second-order valence-corrected chi connectivity index (χ2v) is 7.90. The van der Waals surface area contributed by atoms with Gasteiger partial charge in [-0.2, -0.15) is 14.0 Å². The summed E-state index contributed by atoms with van der Waals surface area (Å²) in [5.74, 6) is -5.50. The van der Waals surface area contributed by atoms with Crippen LogP contribution in [0.25, 0.3) is 0 Å². The Morgan fingerprint density at radius 1 is 1.23 bits per heavy atom. The Kier molecular flexibility index (Phi) is 8.01. The van der Waals surface area contributed by atoms with E-state index in [9.17, 15) is 29.1 Å². The summed E-state index contributed by atoms with van der Waals surface area (Å²) in [5.41, 5.74) is 5.92. The number of nitrogens with one attached hydrogen (secondary N) is 2. The molecule has 9 nitrogen and oxygen atoms in total. The minimum absolute atomic E-state index is 0.107. The van der Waals surface area contributed by atoms with Crippen LogP contribution in [-0.2, 0) is 30.2 Å². The highest BCUT2D eigenvalue weighted by atomic mass is 35.5. The number of halogens is 3. The minimum atomic E-state index is -3.58. The first-order valence-electron chi connectivity index (χ1n) is 10.3. The van der Waals surface area contributed by atoms with Crippen molar-refractivity contribution >= 4 is 23.3 Å². The summed E-state index contributed by atoms with van der Waals surface area (Å²) < 4.78 is 29.0. The third kappa shape index (κ3) is 6.32. The molecule has 182 valence electrons. The van der Waals surface area contributed by atoms with Gasteiger partial charge in [0.25, 0.3) is 0 Å². The van der Waals surface area contributed by atoms with Gasteiger partial charge < -0.3 is 26.6 Å². The molecule has 0 saturated carbocycles. The Hall–Kier alpha value is -4.01. The standard InChI is InChI=1S/C23H21ClF2N6O3/c24-16-4-3-13(9-27)15(6-16)11-30-20(34)8-17-21(35)14(10-28)7-19(32-17)31-12-23(25,26)22-18(33)2-1-5-29-22/h1-7,33,35H,8-9,11-12,27H2,(H,30,34)(H,31,32). The van der Waals surface area contributed by atoms with Gasteiger partial charge in [-0.25, -0.2) is 4.98 Å². The van der Waals surface area contributed by atoms with Gasteiger partial charge in [0.2, 0.25) is 5.91 Å². The van der Waals surface area contributed by atoms with Crippen molar-refractivity contribution in [2.75, 3.05) is 11.9 Å². The number of aromatic nitrogens is 2. The van der Waals surface area contributed by atoms with Gasteiger partial charge in [-0.3, -0.25) is 9.78 Å². The zero-order valence-corrected chi connectivity index (χ0v) is 19.0. The second kappa shape index (κ2) is 10.9. The number of benzene rings is 1. The van der Waals surface area contributed by atoms with Crippen molar-refractivity contribution in [2.45, 2.75) is 25.4 Å². The number of nitriles is 1. The van der Waals surface area contributed by atoms with E-state index < -0.39 is 42.0 Å². The van der Waals surface area contributed by atoms with Gasteiger partial charge in [0, 0.05) is 30.4 Å². The molecule has 3 aromatic rings. The van der Waals surface area contributed by atoms with E-state index in [0.717, 1.165) is 23.9 Å². The van der Waals surface area contributed by atoms with Gasteiger partial charge >= 0.3 is 5.92 Å². The first kappa shape index (κ1) is 25.6. The Morgan fingerprint density at radius 3 is 2.69 bits per heavy atom. The van der Waals surface area contributed by atoms with Gasteiger partial charge in [-0.05, 0) is 35.4 Å². The number of aromatic hydroxyl groups is 2. The molecule has 0 bridgehead atoms. The second-order valence-electron chi connectivity index (χ2n) is 7.46. The highest BCUT2D eigenvalue weighted by molar-refractivity contribution is 6.30. The number of hydrogen-bond donors (Lipinski definition) is 5. The fourth-order valence-corrected chi connectivity index (χ4v) is 3.42. The summed E-state index contributed by atoms with van der Waals surface area (Å²) in [5, 5.41) is 34.7. The molecule has 35 heavy (non-hydrogen) atoms. The number of rotatable bonds is 9. The van der Waals surface area contributed by atoms with Gasteiger partial charge in [0.1, 0.15) is 17.6 Å². The lowest BCUT2D eigenvalue weighted by molar-refractivity contribution is -0.120. The lowest BCUT2D eigenvalue weighted by atomic mass is 10.1. The number of carbonyl (C=O) groups excluding carboxylic acids is 1. The first-order chi connectivity index (χ1) is 16.6. The van der Waals surface area contributed by atoms with E-state index in [1.807, 2.05) is 0 Å². The summed E-state index contributed by atoms with van der Waals surface area (Å²) in [4.78, 5) is 20.0. The van der Waals surface area contributed by atoms with Crippen molar-refractivity contribution in [3.8, 4) is 17.6 Å². The van der Waals surface area contributed by atoms with Crippen LogP contribution in [0, 0.1) is 11.3 Å². The molecule has 12 heteroatoms. The number of hydrogen-bond acceptors (Lipinski definition) is 8. The van der Waals surface area contributed by atoms with Crippen LogP contribution in [0.1, 0.15) is 28.1 Å². The molecule has 2 heterocycles. The summed E-state index contributed by atoms with van der Waals surface area (Å²) in [7, 11) is 0. The van der Waals surface area contributed by atoms with Crippen molar-refractivity contribution in [3.63, 3.8) is 0 Å². The monoisotopic (exact) mass is 502 g/mol. The third-order valence-electron chi connectivity index (χ3n) is 5.00. The van der Waals surface area contributed by atoms with E-state index in [2.05, 4.69) is 20.6 Å². The quantitative estimate of drug-likeness (QED) is 0.299. The number of anilines is 1. The molecule has 1 amide bonds. The highest BCUT2D eigenvalue weighted by Crippen LogP contribution is 2.33. The Labute approximate surface area is 204 Å². The molecule has 0 radical (unpaired) electrons. The number of nitrogens with two attached hydrogens (primary N) is 1. The van der Waals surface area contributed by atoms with Crippen molar-refractivity contribution in [3.05, 3.63) is 75.7 Å². The summed E-state index contributed by atoms with van der Waals surface area (Å²) in [6.07, 6.45) is 0.693. The van der Waals surface area contributed by atoms with Crippen LogP contribution in [0.3, 0.4) is 0 Å². The van der Waals surface area contributed by atoms with Crippen LogP contribution in [0.4, 0.5) is 14.6 Å². The Morgan fingerprint density at radius 2 is 2.00 bits per heavy atom. The average Bonchev–Trinajstić information content (AvgIpc) is 2.83. The predicted octanol–water partition coefficient (Wildman–Crippen LogP) is 2.93. The number of alkyl halides is 2. The van der Waals surface area contributed by atoms with Crippen molar-refractivity contribution < 1.29 is 23.8 Å². The predicted molar refractivity (Wildman–Crippen MR) is 124 cm³/mol. The molecule has 0 aliphatic carbocycles. The topological polar surface area (TPSA) is 157 Å². The maximum absolute atomic E-state index is 14.5. The number of nitrogens with zero attached hydrogens (tertiary/aromatic N) is 3. The van der Waals surface area contributed by atoms with Crippen LogP contribution in [-0.4, -0.2) is 32.6 Å². The zero-order chi connectivity index (χ0) is 25.6. The lowest BCUT2D eigenvalue weighted by Gasteiger charge is -2.18. The van der Waals surface area contributed by atoms with E-state index in [1.54, 1.807) is 24.3 Å². The smallest absolute Gasteiger partial charge is 0.310 e. The fourth-order valence-electron chi connectivity index (χ4n) is 3.22. The Bertz CT molecular complexity index is 1280. The van der Waals surface area contributed by atoms with Crippen LogP contribution < -0.4 is 16.4 Å². The van der Waals surface area contributed by atoms with E-state index in [1.165, 1.54) is 6.07 Å². The molecular weight excluding hydrogens is 482 g/mol. The molecule has 6 N–H and O–H groups in total. The molecule has 2 aromatic heterocycles. The van der Waals surface area contributed by atoms with Crippen LogP contribution in [0.2, 0.25) is 5.02 Å². The van der Waals surface area contributed by atoms with Crippen molar-refractivity contribution in [1.29, 1.82) is 5.26 Å². The summed E-state index contributed by atoms with van der Waals surface area (Å²) in [6, 6.07) is 10.3. The number of pyridine rings is 2. The molecule has 0 fully saturated rings. The molecule has 0 aliphatic rings. The normalized spacial score (nSPS) is 11.1. The maximum atomic E-state index is 14.5. The van der Waals surface area contributed by atoms with Crippen LogP contribution in [0.15, 0.2) is 42.6 Å². The number of amides is 1. The van der Waals surface area contributed by atoms with Crippen LogP contribution >= 0.6 is 11.6 Å². The van der Waals surface area contributed by atoms with Crippen LogP contribution in [0.5, 0.6) is 11.5 Å². The first-order valence-corrected chi connectivity index (χ1v) is 10.7. The Balaban J connectivity index is 1.73. The highest BCUT2D eigenvalue weighted by Gasteiger charge is 2.36. The van der Waals surface area contributed by atoms with Gasteiger partial charge in [-0.1, -0.05) is 17.7 Å². The molecule has 0 atom stereocenters. The molecular formula is C23H21ClF2N6O3. The van der Waals surface area contributed by atoms with E-state index in [4.69, 9.17) is 17.3 Å². The number of carbonyl (C=O) groups is 1. The molecule has 3 rings (SSSR count). The fraction of sp³-hybridized carbons (Fsp3) is 0.217. The molecule has 0 aliphatic heterocycles. The third-order valence-corrected chi connectivity index (χ3v) is 5.24. The van der Waals surface area contributed by atoms with E-state index in [-0.39, 0.29) is 30.2 Å². The largest absolute Gasteiger partial charge is 0.506 e. The van der Waals surface area contributed by atoms with Gasteiger partial charge in [0.05, 0.1) is 24.2 Å². The summed E-state index contributed by atoms with van der Waals surface area (Å²) in [6.45, 7) is -0.664. The molecule has 0 unspecified atom stereocenters. The van der Waals surface area contributed by atoms with Crippen molar-refractivity contribution in [2.24, 2.45) is 5.73 Å². The molecule has 0 saturated heterocycles. The zero-order valence-electron chi connectivity index (χ0n) is 18.2. The molecule has 1 aromatic carbocycles. The van der Waals surface area contributed by atoms with Crippen molar-refractivity contribution in [1.82, 2.24) is 15.3 Å². The van der Waals surface area contributed by atoms with Gasteiger partial charge in [-0.15, -0.1) is 0 Å². The van der Waals surface area contributed by atoms with E-state index >= 15 is 0 Å². The van der Waals surface area contributed by atoms with E-state index in [0.29, 0.717) is 10.6 Å². The lowest BCUT2D eigenvalue weighted by Crippen LogP contribution is -2.27. The molecule has 0 spiro atoms. The average molecular weight is 503 g/mol. The summed E-state index contributed by atoms with van der Waals surface area (Å²) >= 11 is 5.99. The minimum Gasteiger partial charge on any atom is -0.506 e. The SMILES string of the molecule is N#Cc1cc(NCC(F)(F)c2ncccc2O)nc(CC(=O)NCc2cc(Cl)ccc2CN)c1O.